The lowest BCUT2D eigenvalue weighted by molar-refractivity contribution is 0.449. The van der Waals surface area contributed by atoms with Gasteiger partial charge >= 0.3 is 5.69 Å². The van der Waals surface area contributed by atoms with Gasteiger partial charge in [-0.2, -0.15) is 0 Å². The van der Waals surface area contributed by atoms with Crippen LogP contribution in [0.15, 0.2) is 40.0 Å². The van der Waals surface area contributed by atoms with Gasteiger partial charge in [-0.15, -0.1) is 0 Å². The molecule has 0 aliphatic heterocycles. The molecule has 0 unspecified atom stereocenters. The summed E-state index contributed by atoms with van der Waals surface area (Å²) in [6.45, 7) is 0. The molecule has 0 spiro atoms. The average molecular weight is 343 g/mol. The standard InChI is InChI=1S/C13H8F3N3O3S/c14-7-2-4-9(12(16)11(7)15)19-23(21,22)6-1-3-8-10(5-6)18-13(20)17-8/h1-5,19H,(H2,17,18,20). The molecular weight excluding hydrogens is 335 g/mol. The van der Waals surface area contributed by atoms with Crippen LogP contribution in [0.3, 0.4) is 0 Å². The van der Waals surface area contributed by atoms with E-state index in [0.29, 0.717) is 11.6 Å². The van der Waals surface area contributed by atoms with Gasteiger partial charge in [0.15, 0.2) is 17.5 Å². The number of hydrogen-bond acceptors (Lipinski definition) is 3. The third-order valence-corrected chi connectivity index (χ3v) is 4.44. The Morgan fingerprint density at radius 2 is 1.61 bits per heavy atom. The Kier molecular flexibility index (Phi) is 3.40. The SMILES string of the molecule is O=c1[nH]c2ccc(S(=O)(=O)Nc3ccc(F)c(F)c3F)cc2[nH]1. The van der Waals surface area contributed by atoms with Crippen LogP contribution in [0, 0.1) is 17.5 Å². The molecule has 6 nitrogen and oxygen atoms in total. The van der Waals surface area contributed by atoms with E-state index < -0.39 is 38.9 Å². The first-order valence-electron chi connectivity index (χ1n) is 6.16. The van der Waals surface area contributed by atoms with E-state index in [1.165, 1.54) is 12.1 Å². The second-order valence-electron chi connectivity index (χ2n) is 4.61. The Balaban J connectivity index is 2.03. The maximum absolute atomic E-state index is 13.6. The molecule has 0 fully saturated rings. The summed E-state index contributed by atoms with van der Waals surface area (Å²) >= 11 is 0. The minimum Gasteiger partial charge on any atom is -0.306 e. The molecule has 10 heteroatoms. The molecule has 3 rings (SSSR count). The highest BCUT2D eigenvalue weighted by Crippen LogP contribution is 2.23. The molecule has 0 saturated carbocycles. The number of aromatic amines is 2. The van der Waals surface area contributed by atoms with E-state index in [1.54, 1.807) is 0 Å². The summed E-state index contributed by atoms with van der Waals surface area (Å²) in [6.07, 6.45) is 0. The fraction of sp³-hybridized carbons (Fsp3) is 0. The smallest absolute Gasteiger partial charge is 0.306 e. The number of rotatable bonds is 3. The highest BCUT2D eigenvalue weighted by Gasteiger charge is 2.20. The average Bonchev–Trinajstić information content (AvgIpc) is 2.87. The number of aromatic nitrogens is 2. The lowest BCUT2D eigenvalue weighted by Gasteiger charge is -2.09. The monoisotopic (exact) mass is 343 g/mol. The summed E-state index contributed by atoms with van der Waals surface area (Å²) in [5.41, 5.74) is -0.641. The maximum Gasteiger partial charge on any atom is 0.323 e. The molecule has 3 N–H and O–H groups in total. The van der Waals surface area contributed by atoms with Crippen molar-refractivity contribution in [3.05, 3.63) is 58.3 Å². The number of benzene rings is 2. The predicted octanol–water partition coefficient (Wildman–Crippen LogP) is 2.07. The summed E-state index contributed by atoms with van der Waals surface area (Å²) in [6, 6.07) is 5.02. The number of halogens is 3. The Labute approximate surface area is 127 Å². The van der Waals surface area contributed by atoms with Crippen molar-refractivity contribution in [2.45, 2.75) is 4.90 Å². The quantitative estimate of drug-likeness (QED) is 0.636. The molecule has 23 heavy (non-hydrogen) atoms. The number of nitrogens with one attached hydrogen (secondary N) is 3. The van der Waals surface area contributed by atoms with Crippen LogP contribution in [0.4, 0.5) is 18.9 Å². The number of H-pyrrole nitrogens is 2. The van der Waals surface area contributed by atoms with Crippen LogP contribution in [-0.4, -0.2) is 18.4 Å². The van der Waals surface area contributed by atoms with Gasteiger partial charge in [-0.3, -0.25) is 4.72 Å². The van der Waals surface area contributed by atoms with Crippen molar-refractivity contribution in [2.75, 3.05) is 4.72 Å². The first-order valence-corrected chi connectivity index (χ1v) is 7.64. The van der Waals surface area contributed by atoms with Gasteiger partial charge in [0, 0.05) is 0 Å². The second-order valence-corrected chi connectivity index (χ2v) is 6.30. The minimum absolute atomic E-state index is 0.226. The van der Waals surface area contributed by atoms with Crippen LogP contribution in [-0.2, 0) is 10.0 Å². The number of imidazole rings is 1. The van der Waals surface area contributed by atoms with E-state index >= 15 is 0 Å². The summed E-state index contributed by atoms with van der Waals surface area (Å²) in [5, 5.41) is 0. The van der Waals surface area contributed by atoms with Crippen molar-refractivity contribution in [2.24, 2.45) is 0 Å². The van der Waals surface area contributed by atoms with Crippen molar-refractivity contribution in [1.29, 1.82) is 0 Å². The zero-order valence-corrected chi connectivity index (χ0v) is 12.0. The summed E-state index contributed by atoms with van der Waals surface area (Å²) < 4.78 is 65.8. The Morgan fingerprint density at radius 1 is 0.913 bits per heavy atom. The van der Waals surface area contributed by atoms with E-state index in [9.17, 15) is 26.4 Å². The zero-order valence-electron chi connectivity index (χ0n) is 11.2. The van der Waals surface area contributed by atoms with E-state index in [-0.39, 0.29) is 10.4 Å². The lowest BCUT2D eigenvalue weighted by atomic mass is 10.3. The normalized spacial score (nSPS) is 11.8. The topological polar surface area (TPSA) is 94.8 Å². The van der Waals surface area contributed by atoms with Crippen molar-refractivity contribution >= 4 is 26.7 Å². The molecule has 0 radical (unpaired) electrons. The third-order valence-electron chi connectivity index (χ3n) is 3.08. The van der Waals surface area contributed by atoms with Crippen LogP contribution in [0.5, 0.6) is 0 Å². The van der Waals surface area contributed by atoms with Gasteiger partial charge in [-0.25, -0.2) is 26.4 Å². The third kappa shape index (κ3) is 2.68. The van der Waals surface area contributed by atoms with Crippen LogP contribution in [0.1, 0.15) is 0 Å². The zero-order chi connectivity index (χ0) is 16.8. The first-order chi connectivity index (χ1) is 10.8. The highest BCUT2D eigenvalue weighted by atomic mass is 32.2. The molecule has 1 aromatic heterocycles. The number of hydrogen-bond donors (Lipinski definition) is 3. The van der Waals surface area contributed by atoms with Crippen LogP contribution in [0.2, 0.25) is 0 Å². The van der Waals surface area contributed by atoms with Crippen molar-refractivity contribution in [3.8, 4) is 0 Å². The minimum atomic E-state index is -4.26. The lowest BCUT2D eigenvalue weighted by Crippen LogP contribution is -2.14. The summed E-state index contributed by atoms with van der Waals surface area (Å²) in [4.78, 5) is 15.7. The first kappa shape index (κ1) is 15.2. The van der Waals surface area contributed by atoms with Crippen molar-refractivity contribution in [3.63, 3.8) is 0 Å². The van der Waals surface area contributed by atoms with Crippen molar-refractivity contribution in [1.82, 2.24) is 9.97 Å². The molecule has 0 aliphatic rings. The maximum atomic E-state index is 13.6. The van der Waals surface area contributed by atoms with E-state index in [1.807, 2.05) is 4.72 Å². The van der Waals surface area contributed by atoms with Gasteiger partial charge in [0.05, 0.1) is 21.6 Å². The molecule has 0 bridgehead atoms. The summed E-state index contributed by atoms with van der Waals surface area (Å²) in [5.74, 6) is -4.86. The Hall–Kier alpha value is -2.75. The molecule has 0 aliphatic carbocycles. The fourth-order valence-electron chi connectivity index (χ4n) is 1.99. The molecule has 1 heterocycles. The van der Waals surface area contributed by atoms with Gasteiger partial charge < -0.3 is 9.97 Å². The summed E-state index contributed by atoms with van der Waals surface area (Å²) in [7, 11) is -4.26. The number of fused-ring (bicyclic) bond motifs is 1. The van der Waals surface area contributed by atoms with E-state index in [4.69, 9.17) is 0 Å². The van der Waals surface area contributed by atoms with Crippen LogP contribution in [0.25, 0.3) is 11.0 Å². The van der Waals surface area contributed by atoms with Gasteiger partial charge in [0.2, 0.25) is 0 Å². The van der Waals surface area contributed by atoms with Gasteiger partial charge in [-0.1, -0.05) is 0 Å². The number of sulfonamides is 1. The second kappa shape index (κ2) is 5.16. The largest absolute Gasteiger partial charge is 0.323 e. The number of anilines is 1. The van der Waals surface area contributed by atoms with Gasteiger partial charge in [-0.05, 0) is 30.3 Å². The van der Waals surface area contributed by atoms with Gasteiger partial charge in [0.1, 0.15) is 0 Å². The van der Waals surface area contributed by atoms with Gasteiger partial charge in [0.25, 0.3) is 10.0 Å². The molecule has 3 aromatic rings. The highest BCUT2D eigenvalue weighted by molar-refractivity contribution is 7.92. The Morgan fingerprint density at radius 3 is 2.35 bits per heavy atom. The fourth-order valence-corrected chi connectivity index (χ4v) is 3.07. The molecule has 120 valence electrons. The van der Waals surface area contributed by atoms with E-state index in [0.717, 1.165) is 12.1 Å². The van der Waals surface area contributed by atoms with Crippen molar-refractivity contribution < 1.29 is 21.6 Å². The molecule has 0 saturated heterocycles. The molecular formula is C13H8F3N3O3S. The van der Waals surface area contributed by atoms with E-state index in [2.05, 4.69) is 9.97 Å². The van der Waals surface area contributed by atoms with Crippen LogP contribution >= 0.6 is 0 Å². The predicted molar refractivity (Wildman–Crippen MR) is 76.0 cm³/mol. The molecule has 0 amide bonds. The molecule has 2 aromatic carbocycles. The molecule has 0 atom stereocenters. The Bertz CT molecular complexity index is 1070. The van der Waals surface area contributed by atoms with Crippen LogP contribution < -0.4 is 10.4 Å².